The molecule has 2 fully saturated rings. The van der Waals surface area contributed by atoms with E-state index in [9.17, 15) is 9.59 Å². The Morgan fingerprint density at radius 1 is 1.12 bits per heavy atom. The minimum Gasteiger partial charge on any atom is -0.381 e. The number of anilines is 2. The molecule has 3 heterocycles. The standard InChI is InChI=1S/C27H28N4O3/c1-20-9-10-22(14-24(20)29-16-21-6-5-12-28-15-21)26(33)30-13-11-27(18-30)19-31(25(32)17-34-27)23-7-3-2-4-8-23/h2-10,12,14-15,29H,11,13,16-19H2,1H3/t27-/m1/s1. The summed E-state index contributed by atoms with van der Waals surface area (Å²) < 4.78 is 6.03. The summed E-state index contributed by atoms with van der Waals surface area (Å²) in [6.07, 6.45) is 4.28. The van der Waals surface area contributed by atoms with Crippen LogP contribution in [0.25, 0.3) is 0 Å². The number of hydrogen-bond donors (Lipinski definition) is 1. The van der Waals surface area contributed by atoms with E-state index >= 15 is 0 Å². The number of amides is 2. The molecule has 1 atom stereocenters. The Balaban J connectivity index is 1.28. The fraction of sp³-hybridized carbons (Fsp3) is 0.296. The zero-order chi connectivity index (χ0) is 23.5. The van der Waals surface area contributed by atoms with Crippen LogP contribution in [0.4, 0.5) is 11.4 Å². The molecule has 1 N–H and O–H groups in total. The lowest BCUT2D eigenvalue weighted by molar-refractivity contribution is -0.137. The van der Waals surface area contributed by atoms with Gasteiger partial charge in [0.05, 0.1) is 13.1 Å². The zero-order valence-electron chi connectivity index (χ0n) is 19.2. The number of benzene rings is 2. The van der Waals surface area contributed by atoms with Gasteiger partial charge in [-0.15, -0.1) is 0 Å². The molecule has 5 rings (SSSR count). The van der Waals surface area contributed by atoms with Gasteiger partial charge in [-0.25, -0.2) is 0 Å². The summed E-state index contributed by atoms with van der Waals surface area (Å²) in [5.74, 6) is -0.0717. The number of carbonyl (C=O) groups excluding carboxylic acids is 2. The van der Waals surface area contributed by atoms with E-state index in [-0.39, 0.29) is 18.4 Å². The van der Waals surface area contributed by atoms with E-state index in [1.54, 1.807) is 11.1 Å². The van der Waals surface area contributed by atoms with Crippen molar-refractivity contribution in [2.75, 3.05) is 36.5 Å². The average molecular weight is 457 g/mol. The molecule has 0 aliphatic carbocycles. The summed E-state index contributed by atoms with van der Waals surface area (Å²) >= 11 is 0. The van der Waals surface area contributed by atoms with Crippen molar-refractivity contribution in [3.05, 3.63) is 89.7 Å². The number of pyridine rings is 1. The van der Waals surface area contributed by atoms with Crippen LogP contribution in [0.3, 0.4) is 0 Å². The van der Waals surface area contributed by atoms with E-state index < -0.39 is 5.60 Å². The fourth-order valence-corrected chi connectivity index (χ4v) is 4.65. The Kier molecular flexibility index (Phi) is 6.02. The summed E-state index contributed by atoms with van der Waals surface area (Å²) in [7, 11) is 0. The molecule has 0 bridgehead atoms. The molecule has 2 aliphatic rings. The van der Waals surface area contributed by atoms with Crippen molar-refractivity contribution in [2.24, 2.45) is 0 Å². The van der Waals surface area contributed by atoms with Gasteiger partial charge >= 0.3 is 0 Å². The highest BCUT2D eigenvalue weighted by molar-refractivity contribution is 5.96. The zero-order valence-corrected chi connectivity index (χ0v) is 19.2. The molecule has 3 aromatic rings. The predicted molar refractivity (Wildman–Crippen MR) is 131 cm³/mol. The summed E-state index contributed by atoms with van der Waals surface area (Å²) in [6.45, 7) is 4.21. The van der Waals surface area contributed by atoms with Crippen molar-refractivity contribution in [3.63, 3.8) is 0 Å². The number of rotatable bonds is 5. The van der Waals surface area contributed by atoms with Crippen LogP contribution in [0.15, 0.2) is 73.1 Å². The maximum absolute atomic E-state index is 13.4. The van der Waals surface area contributed by atoms with Gasteiger partial charge in [0.25, 0.3) is 11.8 Å². The molecule has 0 unspecified atom stereocenters. The van der Waals surface area contributed by atoms with E-state index in [0.717, 1.165) is 22.5 Å². The van der Waals surface area contributed by atoms with Crippen molar-refractivity contribution in [1.82, 2.24) is 9.88 Å². The SMILES string of the molecule is Cc1ccc(C(=O)N2CC[C@@]3(C2)CN(c2ccccc2)C(=O)CO3)cc1NCc1cccnc1. The summed E-state index contributed by atoms with van der Waals surface area (Å²) in [5.41, 5.74) is 4.05. The first-order valence-corrected chi connectivity index (χ1v) is 11.6. The van der Waals surface area contributed by atoms with Gasteiger partial charge in [0.1, 0.15) is 12.2 Å². The van der Waals surface area contributed by atoms with Gasteiger partial charge in [-0.3, -0.25) is 14.6 Å². The van der Waals surface area contributed by atoms with Crippen LogP contribution in [0, 0.1) is 6.92 Å². The molecule has 1 aromatic heterocycles. The van der Waals surface area contributed by atoms with E-state index in [1.807, 2.05) is 78.7 Å². The smallest absolute Gasteiger partial charge is 0.254 e. The molecule has 7 heteroatoms. The molecule has 2 aliphatic heterocycles. The molecule has 2 saturated heterocycles. The molecule has 1 spiro atoms. The number of para-hydroxylation sites is 1. The van der Waals surface area contributed by atoms with E-state index in [1.165, 1.54) is 0 Å². The first-order chi connectivity index (χ1) is 16.5. The summed E-state index contributed by atoms with van der Waals surface area (Å²) in [5, 5.41) is 3.42. The van der Waals surface area contributed by atoms with Gasteiger partial charge in [-0.1, -0.05) is 30.3 Å². The van der Waals surface area contributed by atoms with Gasteiger partial charge in [0.2, 0.25) is 0 Å². The third-order valence-corrected chi connectivity index (χ3v) is 6.61. The Morgan fingerprint density at radius 2 is 1.97 bits per heavy atom. The first kappa shape index (κ1) is 22.1. The minimum absolute atomic E-state index is 0.0203. The lowest BCUT2D eigenvalue weighted by Crippen LogP contribution is -2.56. The third kappa shape index (κ3) is 4.52. The van der Waals surface area contributed by atoms with Gasteiger partial charge in [-0.05, 0) is 54.8 Å². The van der Waals surface area contributed by atoms with Crippen LogP contribution in [0.2, 0.25) is 0 Å². The van der Waals surface area contributed by atoms with Crippen LogP contribution >= 0.6 is 0 Å². The second kappa shape index (κ2) is 9.27. The molecule has 2 amide bonds. The summed E-state index contributed by atoms with van der Waals surface area (Å²) in [4.78, 5) is 33.7. The number of ether oxygens (including phenoxy) is 1. The van der Waals surface area contributed by atoms with Crippen molar-refractivity contribution in [3.8, 4) is 0 Å². The predicted octanol–water partition coefficient (Wildman–Crippen LogP) is 3.65. The number of carbonyl (C=O) groups is 2. The minimum atomic E-state index is -0.536. The first-order valence-electron chi connectivity index (χ1n) is 11.6. The van der Waals surface area contributed by atoms with Crippen molar-refractivity contribution in [1.29, 1.82) is 0 Å². The van der Waals surface area contributed by atoms with Crippen molar-refractivity contribution < 1.29 is 14.3 Å². The highest BCUT2D eigenvalue weighted by Crippen LogP contribution is 2.33. The molecule has 0 radical (unpaired) electrons. The van der Waals surface area contributed by atoms with Gasteiger partial charge in [0, 0.05) is 42.4 Å². The average Bonchev–Trinajstić information content (AvgIpc) is 3.29. The second-order valence-electron chi connectivity index (χ2n) is 9.01. The highest BCUT2D eigenvalue weighted by atomic mass is 16.5. The number of aryl methyl sites for hydroxylation is 1. The topological polar surface area (TPSA) is 74.8 Å². The van der Waals surface area contributed by atoms with E-state index in [4.69, 9.17) is 4.74 Å². The second-order valence-corrected chi connectivity index (χ2v) is 9.01. The number of aromatic nitrogens is 1. The maximum Gasteiger partial charge on any atom is 0.254 e. The van der Waals surface area contributed by atoms with E-state index in [2.05, 4.69) is 10.3 Å². The quantitative estimate of drug-likeness (QED) is 0.634. The van der Waals surface area contributed by atoms with Gasteiger partial charge in [0.15, 0.2) is 0 Å². The molecule has 0 saturated carbocycles. The number of morpholine rings is 1. The molecule has 34 heavy (non-hydrogen) atoms. The Bertz CT molecular complexity index is 1180. The third-order valence-electron chi connectivity index (χ3n) is 6.61. The molecule has 174 valence electrons. The number of nitrogens with one attached hydrogen (secondary N) is 1. The monoisotopic (exact) mass is 456 g/mol. The van der Waals surface area contributed by atoms with Crippen LogP contribution in [0.5, 0.6) is 0 Å². The number of likely N-dealkylation sites (tertiary alicyclic amines) is 1. The molecular weight excluding hydrogens is 428 g/mol. The van der Waals surface area contributed by atoms with E-state index in [0.29, 0.717) is 38.2 Å². The largest absolute Gasteiger partial charge is 0.381 e. The Labute approximate surface area is 199 Å². The Morgan fingerprint density at radius 3 is 2.76 bits per heavy atom. The summed E-state index contributed by atoms with van der Waals surface area (Å²) in [6, 6.07) is 19.3. The normalized spacial score (nSPS) is 20.1. The number of nitrogens with zero attached hydrogens (tertiary/aromatic N) is 3. The van der Waals surface area contributed by atoms with Crippen LogP contribution < -0.4 is 10.2 Å². The number of hydrogen-bond acceptors (Lipinski definition) is 5. The van der Waals surface area contributed by atoms with Crippen LogP contribution in [-0.2, 0) is 16.1 Å². The lowest BCUT2D eigenvalue weighted by atomic mass is 10.00. The van der Waals surface area contributed by atoms with Crippen LogP contribution in [0.1, 0.15) is 27.9 Å². The van der Waals surface area contributed by atoms with Gasteiger partial charge in [-0.2, -0.15) is 0 Å². The van der Waals surface area contributed by atoms with Crippen molar-refractivity contribution in [2.45, 2.75) is 25.5 Å². The fourth-order valence-electron chi connectivity index (χ4n) is 4.65. The molecule has 2 aromatic carbocycles. The van der Waals surface area contributed by atoms with Gasteiger partial charge < -0.3 is 19.9 Å². The van der Waals surface area contributed by atoms with Crippen molar-refractivity contribution >= 4 is 23.2 Å². The highest BCUT2D eigenvalue weighted by Gasteiger charge is 2.46. The Hall–Kier alpha value is -3.71. The van der Waals surface area contributed by atoms with Crippen LogP contribution in [-0.4, -0.2) is 53.5 Å². The molecule has 7 nitrogen and oxygen atoms in total. The molecular formula is C27H28N4O3. The maximum atomic E-state index is 13.4. The lowest BCUT2D eigenvalue weighted by Gasteiger charge is -2.40.